The highest BCUT2D eigenvalue weighted by Gasteiger charge is 2.40. The lowest BCUT2D eigenvalue weighted by molar-refractivity contribution is -0.0873. The third-order valence-electron chi connectivity index (χ3n) is 4.68. The van der Waals surface area contributed by atoms with Crippen LogP contribution in [0, 0.1) is 12.3 Å². The Balaban J connectivity index is 2.87. The van der Waals surface area contributed by atoms with Crippen LogP contribution in [0.15, 0.2) is 30.3 Å². The van der Waals surface area contributed by atoms with Crippen molar-refractivity contribution < 1.29 is 13.9 Å². The molecule has 0 radical (unpaired) electrons. The van der Waals surface area contributed by atoms with Crippen molar-refractivity contribution in [1.29, 1.82) is 0 Å². The van der Waals surface area contributed by atoms with Crippen LogP contribution in [0.5, 0.6) is 0 Å². The van der Waals surface area contributed by atoms with Gasteiger partial charge in [-0.3, -0.25) is 0 Å². The maximum atomic E-state index is 6.59. The molecule has 0 unspecified atom stereocenters. The molecule has 134 valence electrons. The molecule has 0 saturated carbocycles. The maximum Gasteiger partial charge on any atom is 0.192 e. The Morgan fingerprint density at radius 1 is 1.17 bits per heavy atom. The minimum Gasteiger partial charge on any atom is -0.410 e. The summed E-state index contributed by atoms with van der Waals surface area (Å²) in [5.74, 6) is 2.74. The molecule has 0 fully saturated rings. The SMILES string of the molecule is C#C[C@H](OCOC)[C@H](CCc1ccccc1)O[Si](C)(C)C(C)(C)C. The Kier molecular flexibility index (Phi) is 8.18. The molecule has 1 rings (SSSR count). The second-order valence-corrected chi connectivity index (χ2v) is 12.4. The van der Waals surface area contributed by atoms with Crippen LogP contribution in [-0.2, 0) is 20.3 Å². The Hall–Kier alpha value is -1.12. The van der Waals surface area contributed by atoms with Gasteiger partial charge in [0, 0.05) is 7.11 Å². The smallest absolute Gasteiger partial charge is 0.192 e. The molecule has 0 bridgehead atoms. The van der Waals surface area contributed by atoms with Crippen molar-refractivity contribution in [1.82, 2.24) is 0 Å². The maximum absolute atomic E-state index is 6.59. The molecule has 0 aliphatic carbocycles. The van der Waals surface area contributed by atoms with Crippen LogP contribution in [0.2, 0.25) is 18.1 Å². The second-order valence-electron chi connectivity index (χ2n) is 7.60. The van der Waals surface area contributed by atoms with Gasteiger partial charge in [0.15, 0.2) is 8.32 Å². The quantitative estimate of drug-likeness (QED) is 0.370. The molecule has 1 aromatic carbocycles. The number of aryl methyl sites for hydroxylation is 1. The highest BCUT2D eigenvalue weighted by molar-refractivity contribution is 6.74. The highest BCUT2D eigenvalue weighted by atomic mass is 28.4. The average Bonchev–Trinajstić information content (AvgIpc) is 2.52. The van der Waals surface area contributed by atoms with Crippen molar-refractivity contribution in [2.45, 2.75) is 64.0 Å². The minimum atomic E-state index is -1.94. The van der Waals surface area contributed by atoms with Gasteiger partial charge in [-0.25, -0.2) is 0 Å². The predicted octanol–water partition coefficient (Wildman–Crippen LogP) is 4.63. The zero-order valence-corrected chi connectivity index (χ0v) is 17.0. The highest BCUT2D eigenvalue weighted by Crippen LogP contribution is 2.38. The van der Waals surface area contributed by atoms with Crippen molar-refractivity contribution in [3.63, 3.8) is 0 Å². The second kappa shape index (κ2) is 9.38. The lowest BCUT2D eigenvalue weighted by atomic mass is 10.0. The molecule has 0 saturated heterocycles. The number of hydrogen-bond donors (Lipinski definition) is 0. The Bertz CT molecular complexity index is 514. The number of ether oxygens (including phenoxy) is 2. The summed E-state index contributed by atoms with van der Waals surface area (Å²) in [6, 6.07) is 10.4. The molecule has 0 heterocycles. The molecule has 1 aromatic rings. The number of benzene rings is 1. The van der Waals surface area contributed by atoms with E-state index in [0.717, 1.165) is 12.8 Å². The van der Waals surface area contributed by atoms with E-state index >= 15 is 0 Å². The fraction of sp³-hybridized carbons (Fsp3) is 0.600. The van der Waals surface area contributed by atoms with Gasteiger partial charge in [-0.1, -0.05) is 57.0 Å². The third-order valence-corrected chi connectivity index (χ3v) is 9.18. The molecule has 24 heavy (non-hydrogen) atoms. The van der Waals surface area contributed by atoms with E-state index in [1.54, 1.807) is 7.11 Å². The first kappa shape index (κ1) is 20.9. The van der Waals surface area contributed by atoms with Gasteiger partial charge in [0.2, 0.25) is 0 Å². The largest absolute Gasteiger partial charge is 0.410 e. The number of rotatable bonds is 9. The van der Waals surface area contributed by atoms with Crippen molar-refractivity contribution in [2.24, 2.45) is 0 Å². The topological polar surface area (TPSA) is 27.7 Å². The predicted molar refractivity (Wildman–Crippen MR) is 102 cm³/mol. The van der Waals surface area contributed by atoms with E-state index < -0.39 is 14.4 Å². The number of terminal acetylenes is 1. The summed E-state index contributed by atoms with van der Waals surface area (Å²) >= 11 is 0. The number of methoxy groups -OCH3 is 1. The van der Waals surface area contributed by atoms with Crippen LogP contribution in [0.3, 0.4) is 0 Å². The van der Waals surface area contributed by atoms with Crippen LogP contribution < -0.4 is 0 Å². The van der Waals surface area contributed by atoms with Crippen LogP contribution in [-0.4, -0.2) is 34.4 Å². The molecule has 0 N–H and O–H groups in total. The van der Waals surface area contributed by atoms with Crippen molar-refractivity contribution in [2.75, 3.05) is 13.9 Å². The minimum absolute atomic E-state index is 0.123. The van der Waals surface area contributed by atoms with E-state index in [0.29, 0.717) is 0 Å². The van der Waals surface area contributed by atoms with Gasteiger partial charge in [0.1, 0.15) is 12.9 Å². The molecule has 0 aliphatic rings. The summed E-state index contributed by atoms with van der Waals surface area (Å²) in [5.41, 5.74) is 1.28. The van der Waals surface area contributed by atoms with Crippen LogP contribution >= 0.6 is 0 Å². The normalized spacial score (nSPS) is 14.9. The lowest BCUT2D eigenvalue weighted by Gasteiger charge is -2.40. The van der Waals surface area contributed by atoms with Crippen molar-refractivity contribution in [3.8, 4) is 12.3 Å². The average molecular weight is 349 g/mol. The van der Waals surface area contributed by atoms with E-state index in [1.165, 1.54) is 5.56 Å². The van der Waals surface area contributed by atoms with Gasteiger partial charge in [0.05, 0.1) is 6.10 Å². The standard InChI is InChI=1S/C20H32O3Si/c1-8-18(22-16-21-5)19(23-24(6,7)20(2,3)4)15-14-17-12-10-9-11-13-17/h1,9-13,18-19H,14-16H2,2-7H3/t18-,19-/m0/s1. The molecular formula is C20H32O3Si. The summed E-state index contributed by atoms with van der Waals surface area (Å²) in [4.78, 5) is 0. The molecule has 4 heteroatoms. The van der Waals surface area contributed by atoms with Crippen LogP contribution in [0.25, 0.3) is 0 Å². The van der Waals surface area contributed by atoms with Gasteiger partial charge < -0.3 is 13.9 Å². The van der Waals surface area contributed by atoms with Gasteiger partial charge >= 0.3 is 0 Å². The Labute approximate surface area is 148 Å². The number of hydrogen-bond acceptors (Lipinski definition) is 3. The molecule has 0 spiro atoms. The molecule has 3 nitrogen and oxygen atoms in total. The summed E-state index contributed by atoms with van der Waals surface area (Å²) in [7, 11) is -0.342. The van der Waals surface area contributed by atoms with E-state index in [4.69, 9.17) is 20.3 Å². The van der Waals surface area contributed by atoms with E-state index in [9.17, 15) is 0 Å². The summed E-state index contributed by atoms with van der Waals surface area (Å²) in [6.07, 6.45) is 6.92. The van der Waals surface area contributed by atoms with E-state index in [-0.39, 0.29) is 17.9 Å². The molecule has 0 aliphatic heterocycles. The fourth-order valence-electron chi connectivity index (χ4n) is 2.19. The van der Waals surface area contributed by atoms with Gasteiger partial charge in [0.25, 0.3) is 0 Å². The van der Waals surface area contributed by atoms with Crippen molar-refractivity contribution >= 4 is 8.32 Å². The molecular weight excluding hydrogens is 316 g/mol. The monoisotopic (exact) mass is 348 g/mol. The Morgan fingerprint density at radius 3 is 2.29 bits per heavy atom. The molecule has 0 aromatic heterocycles. The van der Waals surface area contributed by atoms with Crippen LogP contribution in [0.4, 0.5) is 0 Å². The third kappa shape index (κ3) is 6.41. The summed E-state index contributed by atoms with van der Waals surface area (Å²) in [6.45, 7) is 11.4. The Morgan fingerprint density at radius 2 is 1.79 bits per heavy atom. The summed E-state index contributed by atoms with van der Waals surface area (Å²) in [5, 5.41) is 0.123. The van der Waals surface area contributed by atoms with Gasteiger partial charge in [-0.15, -0.1) is 6.42 Å². The summed E-state index contributed by atoms with van der Waals surface area (Å²) < 4.78 is 17.3. The van der Waals surface area contributed by atoms with Gasteiger partial charge in [-0.2, -0.15) is 0 Å². The first-order chi connectivity index (χ1) is 11.2. The first-order valence-corrected chi connectivity index (χ1v) is 11.4. The first-order valence-electron chi connectivity index (χ1n) is 8.49. The molecule has 2 atom stereocenters. The van der Waals surface area contributed by atoms with E-state index in [1.807, 2.05) is 6.07 Å². The zero-order chi connectivity index (χ0) is 18.2. The van der Waals surface area contributed by atoms with Crippen molar-refractivity contribution in [3.05, 3.63) is 35.9 Å². The lowest BCUT2D eigenvalue weighted by Crippen LogP contribution is -2.47. The fourth-order valence-corrected chi connectivity index (χ4v) is 3.54. The van der Waals surface area contributed by atoms with Crippen LogP contribution in [0.1, 0.15) is 32.8 Å². The zero-order valence-electron chi connectivity index (χ0n) is 16.0. The molecule has 0 amide bonds. The van der Waals surface area contributed by atoms with Gasteiger partial charge in [-0.05, 0) is 36.5 Å². The van der Waals surface area contributed by atoms with E-state index in [2.05, 4.69) is 64.1 Å².